The lowest BCUT2D eigenvalue weighted by atomic mass is 10.2. The number of hydrogen-bond acceptors (Lipinski definition) is 3. The zero-order valence-electron chi connectivity index (χ0n) is 10.0. The molecule has 0 saturated carbocycles. The maximum atomic E-state index is 11.8. The van der Waals surface area contributed by atoms with Gasteiger partial charge in [-0.2, -0.15) is 0 Å². The summed E-state index contributed by atoms with van der Waals surface area (Å²) in [6.07, 6.45) is 1.45. The lowest BCUT2D eigenvalue weighted by molar-refractivity contribution is -0.142. The zero-order chi connectivity index (χ0) is 13.0. The van der Waals surface area contributed by atoms with Crippen molar-refractivity contribution in [2.45, 2.75) is 18.9 Å². The number of nitrogens with zero attached hydrogens (tertiary/aromatic N) is 1. The summed E-state index contributed by atoms with van der Waals surface area (Å²) in [7, 11) is 0. The van der Waals surface area contributed by atoms with Crippen LogP contribution in [0.3, 0.4) is 0 Å². The fraction of sp³-hybridized carbons (Fsp3) is 0.385. The topological polar surface area (TPSA) is 69.6 Å². The smallest absolute Gasteiger partial charge is 0.320 e. The van der Waals surface area contributed by atoms with Crippen LogP contribution in [-0.4, -0.2) is 41.0 Å². The fourth-order valence-corrected chi connectivity index (χ4v) is 2.20. The van der Waals surface area contributed by atoms with Crippen molar-refractivity contribution in [3.63, 3.8) is 0 Å². The van der Waals surface area contributed by atoms with Gasteiger partial charge in [-0.25, -0.2) is 0 Å². The summed E-state index contributed by atoms with van der Waals surface area (Å²) < 4.78 is 0. The average Bonchev–Trinajstić information content (AvgIpc) is 2.78. The van der Waals surface area contributed by atoms with Crippen LogP contribution in [0.1, 0.15) is 12.8 Å². The number of amides is 1. The maximum absolute atomic E-state index is 11.8. The first-order chi connectivity index (χ1) is 8.66. The molecule has 0 aliphatic carbocycles. The SMILES string of the molecule is O=C(CN1CCCC1C(=O)O)Nc1ccccc1. The largest absolute Gasteiger partial charge is 0.480 e. The molecule has 0 aromatic heterocycles. The molecule has 96 valence electrons. The molecule has 5 heteroatoms. The van der Waals surface area contributed by atoms with E-state index in [0.29, 0.717) is 13.0 Å². The van der Waals surface area contributed by atoms with Crippen LogP contribution in [0.4, 0.5) is 5.69 Å². The Morgan fingerprint density at radius 3 is 2.72 bits per heavy atom. The molecule has 1 heterocycles. The molecule has 1 unspecified atom stereocenters. The van der Waals surface area contributed by atoms with Crippen molar-refractivity contribution < 1.29 is 14.7 Å². The first-order valence-corrected chi connectivity index (χ1v) is 5.98. The summed E-state index contributed by atoms with van der Waals surface area (Å²) in [6.45, 7) is 0.797. The zero-order valence-corrected chi connectivity index (χ0v) is 10.0. The highest BCUT2D eigenvalue weighted by molar-refractivity contribution is 5.92. The molecule has 1 atom stereocenters. The Morgan fingerprint density at radius 2 is 2.06 bits per heavy atom. The van der Waals surface area contributed by atoms with Gasteiger partial charge in [0, 0.05) is 5.69 Å². The van der Waals surface area contributed by atoms with Gasteiger partial charge in [0.1, 0.15) is 6.04 Å². The molecule has 0 spiro atoms. The minimum Gasteiger partial charge on any atom is -0.480 e. The lowest BCUT2D eigenvalue weighted by Crippen LogP contribution is -2.40. The fourth-order valence-electron chi connectivity index (χ4n) is 2.20. The number of aliphatic carboxylic acids is 1. The highest BCUT2D eigenvalue weighted by atomic mass is 16.4. The van der Waals surface area contributed by atoms with Gasteiger partial charge in [-0.15, -0.1) is 0 Å². The Kier molecular flexibility index (Phi) is 3.94. The molecule has 1 aromatic carbocycles. The quantitative estimate of drug-likeness (QED) is 0.839. The van der Waals surface area contributed by atoms with E-state index in [0.717, 1.165) is 12.1 Å². The Labute approximate surface area is 105 Å². The third kappa shape index (κ3) is 3.07. The van der Waals surface area contributed by atoms with Crippen molar-refractivity contribution in [2.24, 2.45) is 0 Å². The normalized spacial score (nSPS) is 19.7. The Balaban J connectivity index is 1.90. The number of anilines is 1. The third-order valence-corrected chi connectivity index (χ3v) is 3.05. The van der Waals surface area contributed by atoms with E-state index < -0.39 is 12.0 Å². The Bertz CT molecular complexity index is 433. The van der Waals surface area contributed by atoms with E-state index in [1.807, 2.05) is 18.2 Å². The van der Waals surface area contributed by atoms with Crippen molar-refractivity contribution in [1.29, 1.82) is 0 Å². The van der Waals surface area contributed by atoms with Crippen LogP contribution in [-0.2, 0) is 9.59 Å². The number of likely N-dealkylation sites (tertiary alicyclic amines) is 1. The number of rotatable bonds is 4. The molecular weight excluding hydrogens is 232 g/mol. The summed E-state index contributed by atoms with van der Waals surface area (Å²) in [5, 5.41) is 11.8. The first-order valence-electron chi connectivity index (χ1n) is 5.98. The van der Waals surface area contributed by atoms with E-state index in [-0.39, 0.29) is 12.5 Å². The van der Waals surface area contributed by atoms with E-state index in [1.54, 1.807) is 17.0 Å². The molecule has 1 amide bonds. The van der Waals surface area contributed by atoms with Gasteiger partial charge in [0.15, 0.2) is 0 Å². The molecule has 1 aromatic rings. The number of hydrogen-bond donors (Lipinski definition) is 2. The molecule has 1 aliphatic rings. The minimum atomic E-state index is -0.847. The molecule has 1 saturated heterocycles. The van der Waals surface area contributed by atoms with Gasteiger partial charge in [-0.3, -0.25) is 14.5 Å². The maximum Gasteiger partial charge on any atom is 0.320 e. The van der Waals surface area contributed by atoms with Gasteiger partial charge in [0.25, 0.3) is 0 Å². The molecule has 2 N–H and O–H groups in total. The van der Waals surface area contributed by atoms with Gasteiger partial charge < -0.3 is 10.4 Å². The molecule has 2 rings (SSSR count). The second kappa shape index (κ2) is 5.64. The molecular formula is C13H16N2O3. The Hall–Kier alpha value is -1.88. The van der Waals surface area contributed by atoms with Crippen LogP contribution in [0.5, 0.6) is 0 Å². The van der Waals surface area contributed by atoms with Gasteiger partial charge in [-0.05, 0) is 31.5 Å². The van der Waals surface area contributed by atoms with Crippen molar-refractivity contribution >= 4 is 17.6 Å². The molecule has 0 radical (unpaired) electrons. The van der Waals surface area contributed by atoms with Crippen LogP contribution >= 0.6 is 0 Å². The number of carboxylic acids is 1. The number of carbonyl (C=O) groups excluding carboxylic acids is 1. The Morgan fingerprint density at radius 1 is 1.33 bits per heavy atom. The van der Waals surface area contributed by atoms with E-state index in [9.17, 15) is 9.59 Å². The van der Waals surface area contributed by atoms with Crippen LogP contribution in [0.2, 0.25) is 0 Å². The second-order valence-corrected chi connectivity index (χ2v) is 4.38. The van der Waals surface area contributed by atoms with E-state index in [1.165, 1.54) is 0 Å². The highest BCUT2D eigenvalue weighted by Crippen LogP contribution is 2.17. The molecule has 5 nitrogen and oxygen atoms in total. The number of benzene rings is 1. The number of nitrogens with one attached hydrogen (secondary N) is 1. The summed E-state index contributed by atoms with van der Waals surface area (Å²) in [5.41, 5.74) is 0.730. The van der Waals surface area contributed by atoms with Gasteiger partial charge in [-0.1, -0.05) is 18.2 Å². The standard InChI is InChI=1S/C13H16N2O3/c16-12(14-10-5-2-1-3-6-10)9-15-8-4-7-11(15)13(17)18/h1-3,5-6,11H,4,7-9H2,(H,14,16)(H,17,18). The monoisotopic (exact) mass is 248 g/mol. The third-order valence-electron chi connectivity index (χ3n) is 3.05. The van der Waals surface area contributed by atoms with Gasteiger partial charge in [0.2, 0.25) is 5.91 Å². The van der Waals surface area contributed by atoms with Crippen molar-refractivity contribution in [3.8, 4) is 0 Å². The van der Waals surface area contributed by atoms with Crippen LogP contribution in [0.15, 0.2) is 30.3 Å². The second-order valence-electron chi connectivity index (χ2n) is 4.38. The van der Waals surface area contributed by atoms with E-state index in [4.69, 9.17) is 5.11 Å². The van der Waals surface area contributed by atoms with Crippen molar-refractivity contribution in [2.75, 3.05) is 18.4 Å². The van der Waals surface area contributed by atoms with Gasteiger partial charge in [0.05, 0.1) is 6.54 Å². The van der Waals surface area contributed by atoms with Crippen molar-refractivity contribution in [3.05, 3.63) is 30.3 Å². The lowest BCUT2D eigenvalue weighted by Gasteiger charge is -2.20. The number of carbonyl (C=O) groups is 2. The molecule has 1 fully saturated rings. The number of para-hydroxylation sites is 1. The minimum absolute atomic E-state index is 0.131. The van der Waals surface area contributed by atoms with Crippen LogP contribution in [0, 0.1) is 0 Å². The van der Waals surface area contributed by atoms with Crippen LogP contribution in [0.25, 0.3) is 0 Å². The summed E-state index contributed by atoms with van der Waals surface area (Å²) in [4.78, 5) is 24.5. The van der Waals surface area contributed by atoms with Gasteiger partial charge >= 0.3 is 5.97 Å². The summed E-state index contributed by atoms with van der Waals surface area (Å²) >= 11 is 0. The summed E-state index contributed by atoms with van der Waals surface area (Å²) in [6, 6.07) is 8.63. The summed E-state index contributed by atoms with van der Waals surface area (Å²) in [5.74, 6) is -1.02. The van der Waals surface area contributed by atoms with E-state index >= 15 is 0 Å². The predicted molar refractivity (Wildman–Crippen MR) is 67.3 cm³/mol. The van der Waals surface area contributed by atoms with Crippen molar-refractivity contribution in [1.82, 2.24) is 4.90 Å². The highest BCUT2D eigenvalue weighted by Gasteiger charge is 2.31. The van der Waals surface area contributed by atoms with Crippen LogP contribution < -0.4 is 5.32 Å². The molecule has 18 heavy (non-hydrogen) atoms. The predicted octanol–water partition coefficient (Wildman–Crippen LogP) is 1.17. The first kappa shape index (κ1) is 12.6. The van der Waals surface area contributed by atoms with E-state index in [2.05, 4.69) is 5.32 Å². The number of carboxylic acid groups (broad SMARTS) is 1. The molecule has 0 bridgehead atoms. The molecule has 1 aliphatic heterocycles. The average molecular weight is 248 g/mol.